The molecule has 0 radical (unpaired) electrons. The molecule has 2 saturated heterocycles. The van der Waals surface area contributed by atoms with Gasteiger partial charge in [-0.2, -0.15) is 0 Å². The van der Waals surface area contributed by atoms with E-state index >= 15 is 0 Å². The van der Waals surface area contributed by atoms with Gasteiger partial charge in [0.1, 0.15) is 18.7 Å². The van der Waals surface area contributed by atoms with Gasteiger partial charge in [0.05, 0.1) is 0 Å². The fourth-order valence-corrected chi connectivity index (χ4v) is 2.07. The molecular formula is C11H18N2O3. The Bertz CT molecular complexity index is 322. The lowest BCUT2D eigenvalue weighted by Crippen LogP contribution is -2.67. The number of carbonyl (C=O) groups is 2. The fraction of sp³-hybridized carbons (Fsp3) is 0.818. The molecule has 2 atom stereocenters. The Morgan fingerprint density at radius 3 is 2.69 bits per heavy atom. The Kier molecular flexibility index (Phi) is 2.66. The third kappa shape index (κ3) is 2.04. The zero-order chi connectivity index (χ0) is 11.9. The van der Waals surface area contributed by atoms with E-state index in [2.05, 4.69) is 5.32 Å². The summed E-state index contributed by atoms with van der Waals surface area (Å²) in [7, 11) is 0. The molecule has 1 amide bonds. The molecule has 2 fully saturated rings. The Morgan fingerprint density at radius 2 is 2.19 bits per heavy atom. The molecule has 2 aliphatic heterocycles. The number of fused-ring (bicyclic) bond motifs is 1. The van der Waals surface area contributed by atoms with Crippen molar-refractivity contribution in [3.05, 3.63) is 0 Å². The third-order valence-electron chi connectivity index (χ3n) is 2.92. The number of morpholine rings is 1. The van der Waals surface area contributed by atoms with Crippen molar-refractivity contribution >= 4 is 11.9 Å². The molecular weight excluding hydrogens is 208 g/mol. The number of nitrogens with zero attached hydrogens (tertiary/aromatic N) is 1. The van der Waals surface area contributed by atoms with Gasteiger partial charge in [-0.25, -0.2) is 0 Å². The fourth-order valence-electron chi connectivity index (χ4n) is 2.07. The molecule has 1 unspecified atom stereocenters. The highest BCUT2D eigenvalue weighted by molar-refractivity contribution is 5.86. The van der Waals surface area contributed by atoms with Crippen LogP contribution in [0.4, 0.5) is 0 Å². The second-order valence-electron chi connectivity index (χ2n) is 5.43. The van der Waals surface area contributed by atoms with Crippen LogP contribution in [0.5, 0.6) is 0 Å². The van der Waals surface area contributed by atoms with Crippen molar-refractivity contribution in [2.75, 3.05) is 13.2 Å². The van der Waals surface area contributed by atoms with E-state index in [1.54, 1.807) is 0 Å². The van der Waals surface area contributed by atoms with Crippen molar-refractivity contribution in [1.29, 1.82) is 0 Å². The molecule has 0 aromatic heterocycles. The van der Waals surface area contributed by atoms with Crippen LogP contribution in [-0.4, -0.2) is 47.6 Å². The number of carbonyl (C=O) groups excluding carboxylic acids is 2. The normalized spacial score (nSPS) is 30.1. The van der Waals surface area contributed by atoms with Crippen molar-refractivity contribution < 1.29 is 14.3 Å². The summed E-state index contributed by atoms with van der Waals surface area (Å²) in [6.45, 7) is 6.80. The largest absolute Gasteiger partial charge is 0.462 e. The lowest BCUT2D eigenvalue weighted by atomic mass is 9.97. The summed E-state index contributed by atoms with van der Waals surface area (Å²) in [6, 6.07) is -0.500. The number of cyclic esters (lactones) is 1. The average molecular weight is 226 g/mol. The summed E-state index contributed by atoms with van der Waals surface area (Å²) in [4.78, 5) is 25.2. The lowest BCUT2D eigenvalue weighted by molar-refractivity contribution is -0.175. The van der Waals surface area contributed by atoms with Gasteiger partial charge in [-0.1, -0.05) is 0 Å². The summed E-state index contributed by atoms with van der Waals surface area (Å²) in [6.07, 6.45) is 0.804. The van der Waals surface area contributed by atoms with Gasteiger partial charge in [0.25, 0.3) is 0 Å². The van der Waals surface area contributed by atoms with Gasteiger partial charge >= 0.3 is 5.97 Å². The number of amides is 1. The predicted molar refractivity (Wildman–Crippen MR) is 57.8 cm³/mol. The molecule has 0 saturated carbocycles. The van der Waals surface area contributed by atoms with Crippen LogP contribution in [0.1, 0.15) is 27.2 Å². The number of hydrogen-bond donors (Lipinski definition) is 1. The number of hydrogen-bond acceptors (Lipinski definition) is 4. The topological polar surface area (TPSA) is 58.6 Å². The second kappa shape index (κ2) is 3.73. The standard InChI is InChI=1S/C11H18N2O3/c1-11(2,3)12-9(14)8-6-16-10(15)7-4-5-13(7)8/h7-8H,4-6H2,1-3H3,(H,12,14)/t7-,8?/m0/s1. The van der Waals surface area contributed by atoms with Gasteiger partial charge in [-0.3, -0.25) is 14.5 Å². The molecule has 5 heteroatoms. The van der Waals surface area contributed by atoms with Gasteiger partial charge in [0.15, 0.2) is 0 Å². The summed E-state index contributed by atoms with van der Waals surface area (Å²) in [5.74, 6) is -0.240. The third-order valence-corrected chi connectivity index (χ3v) is 2.92. The van der Waals surface area contributed by atoms with E-state index in [1.165, 1.54) is 0 Å². The Balaban J connectivity index is 2.00. The van der Waals surface area contributed by atoms with E-state index in [4.69, 9.17) is 4.74 Å². The van der Waals surface area contributed by atoms with Crippen molar-refractivity contribution in [3.63, 3.8) is 0 Å². The van der Waals surface area contributed by atoms with E-state index < -0.39 is 0 Å². The smallest absolute Gasteiger partial charge is 0.323 e. The Labute approximate surface area is 95.1 Å². The maximum absolute atomic E-state index is 12.0. The molecule has 0 aromatic rings. The van der Waals surface area contributed by atoms with E-state index in [-0.39, 0.29) is 36.1 Å². The molecule has 0 bridgehead atoms. The highest BCUT2D eigenvalue weighted by Gasteiger charge is 2.47. The average Bonchev–Trinajstić information content (AvgIpc) is 2.04. The van der Waals surface area contributed by atoms with Gasteiger partial charge in [0.2, 0.25) is 5.91 Å². The van der Waals surface area contributed by atoms with E-state index in [0.717, 1.165) is 13.0 Å². The van der Waals surface area contributed by atoms with Crippen LogP contribution in [0.25, 0.3) is 0 Å². The van der Waals surface area contributed by atoms with Crippen LogP contribution in [0.3, 0.4) is 0 Å². The monoisotopic (exact) mass is 226 g/mol. The van der Waals surface area contributed by atoms with Gasteiger partial charge in [-0.15, -0.1) is 0 Å². The minimum absolute atomic E-state index is 0.0512. The summed E-state index contributed by atoms with van der Waals surface area (Å²) in [5, 5.41) is 2.92. The maximum Gasteiger partial charge on any atom is 0.323 e. The minimum atomic E-state index is -0.310. The highest BCUT2D eigenvalue weighted by Crippen LogP contribution is 2.26. The first-order chi connectivity index (χ1) is 7.38. The summed E-state index contributed by atoms with van der Waals surface area (Å²) in [5.41, 5.74) is -0.251. The predicted octanol–water partition coefficient (Wildman–Crippen LogP) is -0.0992. The molecule has 16 heavy (non-hydrogen) atoms. The number of esters is 1. The number of rotatable bonds is 1. The first-order valence-electron chi connectivity index (χ1n) is 5.63. The minimum Gasteiger partial charge on any atom is -0.462 e. The lowest BCUT2D eigenvalue weighted by Gasteiger charge is -2.47. The quantitative estimate of drug-likeness (QED) is 0.634. The van der Waals surface area contributed by atoms with Crippen LogP contribution < -0.4 is 5.32 Å². The molecule has 0 spiro atoms. The molecule has 1 N–H and O–H groups in total. The van der Waals surface area contributed by atoms with Crippen LogP contribution >= 0.6 is 0 Å². The van der Waals surface area contributed by atoms with Crippen LogP contribution in [0.15, 0.2) is 0 Å². The van der Waals surface area contributed by atoms with E-state index in [1.807, 2.05) is 25.7 Å². The second-order valence-corrected chi connectivity index (χ2v) is 5.43. The van der Waals surface area contributed by atoms with Crippen molar-refractivity contribution in [2.24, 2.45) is 0 Å². The SMILES string of the molecule is CC(C)(C)NC(=O)C1COC(=O)[C@@H]2CCN12. The van der Waals surface area contributed by atoms with Gasteiger partial charge < -0.3 is 10.1 Å². The van der Waals surface area contributed by atoms with Gasteiger partial charge in [-0.05, 0) is 27.2 Å². The molecule has 0 aliphatic carbocycles. The Morgan fingerprint density at radius 1 is 1.50 bits per heavy atom. The molecule has 2 aliphatic rings. The maximum atomic E-state index is 12.0. The molecule has 0 aromatic carbocycles. The van der Waals surface area contributed by atoms with Crippen molar-refractivity contribution in [1.82, 2.24) is 10.2 Å². The van der Waals surface area contributed by atoms with Crippen LogP contribution in [0, 0.1) is 0 Å². The molecule has 5 nitrogen and oxygen atoms in total. The molecule has 2 heterocycles. The zero-order valence-electron chi connectivity index (χ0n) is 9.95. The van der Waals surface area contributed by atoms with E-state index in [0.29, 0.717) is 0 Å². The number of nitrogens with one attached hydrogen (secondary N) is 1. The number of ether oxygens (including phenoxy) is 1. The van der Waals surface area contributed by atoms with Crippen molar-refractivity contribution in [2.45, 2.75) is 44.8 Å². The first kappa shape index (κ1) is 11.4. The van der Waals surface area contributed by atoms with Crippen molar-refractivity contribution in [3.8, 4) is 0 Å². The highest BCUT2D eigenvalue weighted by atomic mass is 16.5. The summed E-state index contributed by atoms with van der Waals surface area (Å²) < 4.78 is 5.02. The zero-order valence-corrected chi connectivity index (χ0v) is 9.95. The van der Waals surface area contributed by atoms with E-state index in [9.17, 15) is 9.59 Å². The Hall–Kier alpha value is -1.10. The van der Waals surface area contributed by atoms with Gasteiger partial charge in [0, 0.05) is 12.1 Å². The summed E-state index contributed by atoms with van der Waals surface area (Å²) >= 11 is 0. The van der Waals surface area contributed by atoms with Crippen LogP contribution in [0.2, 0.25) is 0 Å². The van der Waals surface area contributed by atoms with Crippen LogP contribution in [-0.2, 0) is 14.3 Å². The molecule has 2 rings (SSSR count). The first-order valence-corrected chi connectivity index (χ1v) is 5.63. The molecule has 90 valence electrons.